The van der Waals surface area contributed by atoms with E-state index in [1.165, 1.54) is 25.6 Å². The molecular weight excluding hydrogens is 292 g/mol. The number of ether oxygens (including phenoxy) is 1. The van der Waals surface area contributed by atoms with Crippen LogP contribution in [0.2, 0.25) is 0 Å². The number of methoxy groups -OCH3 is 1. The van der Waals surface area contributed by atoms with Gasteiger partial charge in [0.2, 0.25) is 0 Å². The van der Waals surface area contributed by atoms with Crippen LogP contribution in [0.1, 0.15) is 24.7 Å². The van der Waals surface area contributed by atoms with Crippen LogP contribution in [-0.2, 0) is 0 Å². The van der Waals surface area contributed by atoms with Crippen molar-refractivity contribution in [2.75, 3.05) is 7.11 Å². The van der Waals surface area contributed by atoms with Gasteiger partial charge in [0.05, 0.1) is 19.5 Å². The molecule has 5 nitrogen and oxygen atoms in total. The van der Waals surface area contributed by atoms with Crippen molar-refractivity contribution >= 4 is 5.69 Å². The Balaban J connectivity index is 2.71. The van der Waals surface area contributed by atoms with Crippen LogP contribution in [0, 0.1) is 16.7 Å². The molecule has 0 aliphatic rings. The summed E-state index contributed by atoms with van der Waals surface area (Å²) in [6.07, 6.45) is -0.324. The first-order valence-corrected chi connectivity index (χ1v) is 6.19. The smallest absolute Gasteiger partial charge is 0.280 e. The van der Waals surface area contributed by atoms with Crippen molar-refractivity contribution in [1.82, 2.24) is 9.97 Å². The van der Waals surface area contributed by atoms with Gasteiger partial charge in [0, 0.05) is 11.1 Å². The molecule has 0 radical (unpaired) electrons. The molecule has 0 fully saturated rings. The van der Waals surface area contributed by atoms with Crippen LogP contribution in [0.3, 0.4) is 0 Å². The highest BCUT2D eigenvalue weighted by Gasteiger charge is 2.17. The Bertz CT molecular complexity index is 767. The Morgan fingerprint density at radius 3 is 2.59 bits per heavy atom. The van der Waals surface area contributed by atoms with Gasteiger partial charge in [-0.15, -0.1) is 4.91 Å². The van der Waals surface area contributed by atoms with Crippen LogP contribution in [-0.4, -0.2) is 17.1 Å². The lowest BCUT2D eigenvalue weighted by Crippen LogP contribution is -1.96. The predicted molar refractivity (Wildman–Crippen MR) is 77.0 cm³/mol. The fourth-order valence-corrected chi connectivity index (χ4v) is 1.88. The number of hydrogen-bond donors (Lipinski definition) is 0. The summed E-state index contributed by atoms with van der Waals surface area (Å²) < 4.78 is 30.8. The fraction of sp³-hybridized carbons (Fsp3) is 0.200. The summed E-state index contributed by atoms with van der Waals surface area (Å²) in [7, 11) is 1.38. The normalized spacial score (nSPS) is 10.0. The lowest BCUT2D eigenvalue weighted by Gasteiger charge is -2.11. The van der Waals surface area contributed by atoms with Gasteiger partial charge in [-0.2, -0.15) is 0 Å². The summed E-state index contributed by atoms with van der Waals surface area (Å²) >= 11 is 0. The average Bonchev–Trinajstić information content (AvgIpc) is 2.54. The largest absolute Gasteiger partial charge is 0.494 e. The maximum absolute atomic E-state index is 12.9. The summed E-state index contributed by atoms with van der Waals surface area (Å²) in [4.78, 5) is 18.5. The van der Waals surface area contributed by atoms with E-state index in [1.807, 2.05) is 0 Å². The van der Waals surface area contributed by atoms with Crippen molar-refractivity contribution in [3.8, 4) is 28.7 Å². The summed E-state index contributed by atoms with van der Waals surface area (Å²) in [5.74, 6) is 5.65. The monoisotopic (exact) mass is 303 g/mol. The van der Waals surface area contributed by atoms with E-state index in [0.717, 1.165) is 6.07 Å². The van der Waals surface area contributed by atoms with E-state index in [1.54, 1.807) is 6.92 Å². The molecule has 0 aliphatic carbocycles. The van der Waals surface area contributed by atoms with Gasteiger partial charge in [0.25, 0.3) is 6.43 Å². The molecule has 0 bridgehead atoms. The molecule has 0 unspecified atom stereocenters. The van der Waals surface area contributed by atoms with Crippen LogP contribution >= 0.6 is 0 Å². The number of halogens is 2. The number of nitroso groups, excluding NO2 is 1. The van der Waals surface area contributed by atoms with Crippen LogP contribution in [0.5, 0.6) is 5.75 Å². The minimum Gasteiger partial charge on any atom is -0.494 e. The maximum atomic E-state index is 12.9. The third kappa shape index (κ3) is 3.06. The van der Waals surface area contributed by atoms with E-state index in [9.17, 15) is 13.7 Å². The van der Waals surface area contributed by atoms with E-state index in [-0.39, 0.29) is 17.0 Å². The first-order valence-electron chi connectivity index (χ1n) is 6.19. The van der Waals surface area contributed by atoms with Crippen molar-refractivity contribution in [2.24, 2.45) is 5.18 Å². The van der Waals surface area contributed by atoms with Gasteiger partial charge in [-0.1, -0.05) is 5.92 Å². The Kier molecular flexibility index (Phi) is 4.73. The summed E-state index contributed by atoms with van der Waals surface area (Å²) in [6, 6.07) is 2.66. The van der Waals surface area contributed by atoms with Gasteiger partial charge in [-0.25, -0.2) is 13.8 Å². The first kappa shape index (κ1) is 15.5. The summed E-state index contributed by atoms with van der Waals surface area (Å²) in [5, 5.41) is 2.87. The number of aromatic nitrogens is 2. The third-order valence-electron chi connectivity index (χ3n) is 2.86. The fourth-order valence-electron chi connectivity index (χ4n) is 1.88. The number of pyridine rings is 2. The molecule has 0 saturated carbocycles. The second kappa shape index (κ2) is 6.72. The Morgan fingerprint density at radius 2 is 2.00 bits per heavy atom. The van der Waals surface area contributed by atoms with Crippen LogP contribution in [0.4, 0.5) is 14.5 Å². The van der Waals surface area contributed by atoms with Gasteiger partial charge < -0.3 is 4.74 Å². The molecule has 0 aliphatic heterocycles. The van der Waals surface area contributed by atoms with E-state index < -0.39 is 12.1 Å². The van der Waals surface area contributed by atoms with Gasteiger partial charge >= 0.3 is 0 Å². The van der Waals surface area contributed by atoms with Crippen molar-refractivity contribution in [3.63, 3.8) is 0 Å². The molecule has 112 valence electrons. The highest BCUT2D eigenvalue weighted by atomic mass is 19.3. The minimum absolute atomic E-state index is 0.00590. The maximum Gasteiger partial charge on any atom is 0.280 e. The number of hydrogen-bond acceptors (Lipinski definition) is 5. The van der Waals surface area contributed by atoms with E-state index in [0.29, 0.717) is 11.3 Å². The van der Waals surface area contributed by atoms with Crippen LogP contribution in [0.25, 0.3) is 11.1 Å². The molecule has 2 rings (SSSR count). The topological polar surface area (TPSA) is 64.4 Å². The summed E-state index contributed by atoms with van der Waals surface area (Å²) in [6.45, 7) is 1.63. The predicted octanol–water partition coefficient (Wildman–Crippen LogP) is 3.86. The molecule has 2 aromatic heterocycles. The van der Waals surface area contributed by atoms with E-state index in [2.05, 4.69) is 27.0 Å². The molecule has 2 aromatic rings. The average molecular weight is 303 g/mol. The number of alkyl halides is 2. The van der Waals surface area contributed by atoms with Crippen molar-refractivity contribution < 1.29 is 13.5 Å². The van der Waals surface area contributed by atoms with Crippen molar-refractivity contribution in [1.29, 1.82) is 0 Å². The molecule has 0 spiro atoms. The SMILES string of the molecule is CC#Cc1cc(-c2cc(C(F)F)ncc2OC)c(N=O)cn1. The van der Waals surface area contributed by atoms with Gasteiger partial charge in [-0.05, 0) is 30.2 Å². The standard InChI is InChI=1S/C15H11F2N3O2/c1-3-4-9-5-10(13(20-21)7-18-9)11-6-12(15(16)17)19-8-14(11)22-2/h5-8,15H,1-2H3. The number of rotatable bonds is 4. The van der Waals surface area contributed by atoms with E-state index in [4.69, 9.17) is 4.74 Å². The molecule has 0 saturated heterocycles. The molecular formula is C15H11F2N3O2. The van der Waals surface area contributed by atoms with Crippen molar-refractivity contribution in [2.45, 2.75) is 13.3 Å². The zero-order valence-corrected chi connectivity index (χ0v) is 11.8. The van der Waals surface area contributed by atoms with Crippen LogP contribution in [0.15, 0.2) is 29.7 Å². The zero-order chi connectivity index (χ0) is 16.1. The molecule has 0 N–H and O–H groups in total. The van der Waals surface area contributed by atoms with Crippen molar-refractivity contribution in [3.05, 3.63) is 40.8 Å². The van der Waals surface area contributed by atoms with Gasteiger partial charge in [-0.3, -0.25) is 4.98 Å². The lowest BCUT2D eigenvalue weighted by atomic mass is 10.0. The molecule has 0 amide bonds. The van der Waals surface area contributed by atoms with Gasteiger partial charge in [0.15, 0.2) is 0 Å². The highest BCUT2D eigenvalue weighted by Crippen LogP contribution is 2.37. The third-order valence-corrected chi connectivity index (χ3v) is 2.86. The minimum atomic E-state index is -2.74. The first-order chi connectivity index (χ1) is 10.6. The van der Waals surface area contributed by atoms with E-state index >= 15 is 0 Å². The lowest BCUT2D eigenvalue weighted by molar-refractivity contribution is 0.146. The number of nitrogens with zero attached hydrogens (tertiary/aromatic N) is 3. The molecule has 22 heavy (non-hydrogen) atoms. The molecule has 7 heteroatoms. The highest BCUT2D eigenvalue weighted by molar-refractivity contribution is 5.80. The second-order valence-electron chi connectivity index (χ2n) is 4.16. The molecule has 0 aromatic carbocycles. The van der Waals surface area contributed by atoms with Crippen LogP contribution < -0.4 is 4.74 Å². The second-order valence-corrected chi connectivity index (χ2v) is 4.16. The quantitative estimate of drug-likeness (QED) is 0.635. The molecule has 0 atom stereocenters. The Hall–Kier alpha value is -2.88. The van der Waals surface area contributed by atoms with Gasteiger partial charge in [0.1, 0.15) is 22.8 Å². The Labute approximate surface area is 125 Å². The Morgan fingerprint density at radius 1 is 1.23 bits per heavy atom. The zero-order valence-electron chi connectivity index (χ0n) is 11.8. The molecule has 2 heterocycles. The summed E-state index contributed by atoms with van der Waals surface area (Å²) in [5.41, 5.74) is 0.564.